The fourth-order valence-electron chi connectivity index (χ4n) is 3.44. The summed E-state index contributed by atoms with van der Waals surface area (Å²) in [6.45, 7) is 6.14. The number of halogens is 2. The van der Waals surface area contributed by atoms with E-state index < -0.39 is 0 Å². The van der Waals surface area contributed by atoms with Crippen LogP contribution in [0.2, 0.25) is 0 Å². The molecular weight excluding hydrogens is 499 g/mol. The summed E-state index contributed by atoms with van der Waals surface area (Å²) < 4.78 is 25.8. The molecule has 7 heteroatoms. The highest BCUT2D eigenvalue weighted by Gasteiger charge is 2.13. The van der Waals surface area contributed by atoms with Gasteiger partial charge in [-0.15, -0.1) is 0 Å². The van der Waals surface area contributed by atoms with Crippen molar-refractivity contribution in [3.05, 3.63) is 88.2 Å². The molecule has 0 spiro atoms. The average molecular weight is 527 g/mol. The number of nitrogens with zero attached hydrogens (tertiary/aromatic N) is 1. The number of benzene rings is 3. The van der Waals surface area contributed by atoms with Gasteiger partial charge in [0.05, 0.1) is 11.6 Å². The standard InChI is InChI=1S/C27H28BrFN2O3/c1-4-31(5-2)22-13-11-21(12-14-22)30-26(32)15-10-19-16-23(28)27(25(17-19)33-3)34-18-20-8-6-7-9-24(20)29/h6-17H,4-5,18H2,1-3H3,(H,30,32)/b15-10+. The number of methoxy groups -OCH3 is 1. The fraction of sp³-hybridized carbons (Fsp3) is 0.222. The molecule has 1 amide bonds. The highest BCUT2D eigenvalue weighted by molar-refractivity contribution is 9.10. The molecule has 3 aromatic carbocycles. The Kier molecular flexibility index (Phi) is 9.10. The van der Waals surface area contributed by atoms with Crippen molar-refractivity contribution in [1.29, 1.82) is 0 Å². The minimum atomic E-state index is -0.328. The summed E-state index contributed by atoms with van der Waals surface area (Å²) in [7, 11) is 1.53. The zero-order valence-corrected chi connectivity index (χ0v) is 21.1. The van der Waals surface area contributed by atoms with E-state index in [2.05, 4.69) is 40.0 Å². The zero-order chi connectivity index (χ0) is 24.5. The van der Waals surface area contributed by atoms with Crippen LogP contribution in [-0.2, 0) is 11.4 Å². The first-order valence-corrected chi connectivity index (χ1v) is 11.8. The number of rotatable bonds is 10. The molecule has 0 saturated heterocycles. The normalized spacial score (nSPS) is 10.9. The van der Waals surface area contributed by atoms with Gasteiger partial charge in [0.2, 0.25) is 5.91 Å². The predicted molar refractivity (Wildman–Crippen MR) is 139 cm³/mol. The van der Waals surface area contributed by atoms with Gasteiger partial charge in [0, 0.05) is 36.1 Å². The summed E-state index contributed by atoms with van der Waals surface area (Å²) >= 11 is 3.48. The van der Waals surface area contributed by atoms with Crippen molar-refractivity contribution in [2.75, 3.05) is 30.4 Å². The molecule has 0 heterocycles. The van der Waals surface area contributed by atoms with Crippen molar-refractivity contribution in [3.63, 3.8) is 0 Å². The number of ether oxygens (including phenoxy) is 2. The smallest absolute Gasteiger partial charge is 0.248 e. The second kappa shape index (κ2) is 12.2. The maximum Gasteiger partial charge on any atom is 0.248 e. The van der Waals surface area contributed by atoms with Crippen LogP contribution in [0.15, 0.2) is 71.2 Å². The number of anilines is 2. The molecule has 0 radical (unpaired) electrons. The van der Waals surface area contributed by atoms with Gasteiger partial charge in [0.1, 0.15) is 12.4 Å². The van der Waals surface area contributed by atoms with Crippen LogP contribution in [-0.4, -0.2) is 26.1 Å². The van der Waals surface area contributed by atoms with Gasteiger partial charge in [-0.25, -0.2) is 4.39 Å². The lowest BCUT2D eigenvalue weighted by atomic mass is 10.1. The maximum absolute atomic E-state index is 13.9. The number of hydrogen-bond donors (Lipinski definition) is 1. The van der Waals surface area contributed by atoms with Crippen LogP contribution in [0.1, 0.15) is 25.0 Å². The van der Waals surface area contributed by atoms with Crippen molar-refractivity contribution in [1.82, 2.24) is 0 Å². The van der Waals surface area contributed by atoms with E-state index in [9.17, 15) is 9.18 Å². The van der Waals surface area contributed by atoms with Gasteiger partial charge < -0.3 is 19.7 Å². The average Bonchev–Trinajstić information content (AvgIpc) is 2.84. The second-order valence-electron chi connectivity index (χ2n) is 7.46. The summed E-state index contributed by atoms with van der Waals surface area (Å²) in [4.78, 5) is 14.6. The third kappa shape index (κ3) is 6.60. The molecule has 0 saturated carbocycles. The molecule has 178 valence electrons. The SMILES string of the molecule is CCN(CC)c1ccc(NC(=O)/C=C/c2cc(Br)c(OCc3ccccc3F)c(OC)c2)cc1. The second-order valence-corrected chi connectivity index (χ2v) is 8.31. The molecule has 0 aliphatic carbocycles. The number of carbonyl (C=O) groups is 1. The Labute approximate surface area is 208 Å². The highest BCUT2D eigenvalue weighted by Crippen LogP contribution is 2.37. The van der Waals surface area contributed by atoms with Gasteiger partial charge in [-0.3, -0.25) is 4.79 Å². The molecule has 0 bridgehead atoms. The molecule has 0 unspecified atom stereocenters. The molecule has 0 aromatic heterocycles. The van der Waals surface area contributed by atoms with Gasteiger partial charge in [-0.2, -0.15) is 0 Å². The first-order valence-electron chi connectivity index (χ1n) is 11.0. The van der Waals surface area contributed by atoms with Gasteiger partial charge >= 0.3 is 0 Å². The Morgan fingerprint density at radius 3 is 2.44 bits per heavy atom. The van der Waals surface area contributed by atoms with E-state index in [1.165, 1.54) is 19.3 Å². The first kappa shape index (κ1) is 25.3. The molecule has 1 N–H and O–H groups in total. The molecule has 0 aliphatic heterocycles. The van der Waals surface area contributed by atoms with Crippen LogP contribution in [0.3, 0.4) is 0 Å². The van der Waals surface area contributed by atoms with Crippen LogP contribution >= 0.6 is 15.9 Å². The van der Waals surface area contributed by atoms with Crippen LogP contribution in [0, 0.1) is 5.82 Å². The Morgan fingerprint density at radius 2 is 1.79 bits per heavy atom. The Bertz CT molecular complexity index is 1150. The predicted octanol–water partition coefficient (Wildman–Crippen LogP) is 6.67. The van der Waals surface area contributed by atoms with E-state index >= 15 is 0 Å². The van der Waals surface area contributed by atoms with Crippen molar-refractivity contribution in [3.8, 4) is 11.5 Å². The number of carbonyl (C=O) groups excluding carboxylic acids is 1. The number of hydrogen-bond acceptors (Lipinski definition) is 4. The summed E-state index contributed by atoms with van der Waals surface area (Å²) in [6.07, 6.45) is 3.15. The maximum atomic E-state index is 13.9. The quantitative estimate of drug-likeness (QED) is 0.299. The van der Waals surface area contributed by atoms with Crippen LogP contribution in [0.4, 0.5) is 15.8 Å². The summed E-state index contributed by atoms with van der Waals surface area (Å²) in [6, 6.07) is 17.8. The Hall–Kier alpha value is -3.32. The van der Waals surface area contributed by atoms with Gasteiger partial charge in [-0.05, 0) is 83.9 Å². The van der Waals surface area contributed by atoms with Crippen molar-refractivity contribution < 1.29 is 18.7 Å². The van der Waals surface area contributed by atoms with Crippen LogP contribution in [0.25, 0.3) is 6.08 Å². The molecule has 0 atom stereocenters. The van der Waals surface area contributed by atoms with Crippen LogP contribution in [0.5, 0.6) is 11.5 Å². The van der Waals surface area contributed by atoms with E-state index in [1.807, 2.05) is 30.3 Å². The summed E-state index contributed by atoms with van der Waals surface area (Å²) in [5, 5.41) is 2.87. The van der Waals surface area contributed by atoms with Gasteiger partial charge in [-0.1, -0.05) is 18.2 Å². The molecule has 3 rings (SSSR count). The van der Waals surface area contributed by atoms with E-state index in [1.54, 1.807) is 30.3 Å². The van der Waals surface area contributed by atoms with E-state index in [4.69, 9.17) is 9.47 Å². The van der Waals surface area contributed by atoms with Gasteiger partial charge in [0.15, 0.2) is 11.5 Å². The van der Waals surface area contributed by atoms with E-state index in [0.29, 0.717) is 21.5 Å². The fourth-order valence-corrected chi connectivity index (χ4v) is 4.02. The van der Waals surface area contributed by atoms with Crippen molar-refractivity contribution in [2.24, 2.45) is 0 Å². The number of nitrogens with one attached hydrogen (secondary N) is 1. The minimum Gasteiger partial charge on any atom is -0.493 e. The lowest BCUT2D eigenvalue weighted by Gasteiger charge is -2.21. The highest BCUT2D eigenvalue weighted by atomic mass is 79.9. The van der Waals surface area contributed by atoms with E-state index in [0.717, 1.165) is 30.0 Å². The lowest BCUT2D eigenvalue weighted by Crippen LogP contribution is -2.21. The topological polar surface area (TPSA) is 50.8 Å². The summed E-state index contributed by atoms with van der Waals surface area (Å²) in [5.74, 6) is 0.356. The summed E-state index contributed by atoms with van der Waals surface area (Å²) in [5.41, 5.74) is 3.03. The van der Waals surface area contributed by atoms with Gasteiger partial charge in [0.25, 0.3) is 0 Å². The Morgan fingerprint density at radius 1 is 1.09 bits per heavy atom. The van der Waals surface area contributed by atoms with E-state index in [-0.39, 0.29) is 18.3 Å². The molecule has 0 aliphatic rings. The third-order valence-corrected chi connectivity index (χ3v) is 5.86. The molecular formula is C27H28BrFN2O3. The Balaban J connectivity index is 1.66. The molecule has 5 nitrogen and oxygen atoms in total. The lowest BCUT2D eigenvalue weighted by molar-refractivity contribution is -0.111. The molecule has 34 heavy (non-hydrogen) atoms. The van der Waals surface area contributed by atoms with Crippen LogP contribution < -0.4 is 19.7 Å². The monoisotopic (exact) mass is 526 g/mol. The molecule has 3 aromatic rings. The number of amides is 1. The zero-order valence-electron chi connectivity index (χ0n) is 19.5. The first-order chi connectivity index (χ1) is 16.4. The molecule has 0 fully saturated rings. The third-order valence-electron chi connectivity index (χ3n) is 5.27. The van der Waals surface area contributed by atoms with Crippen molar-refractivity contribution in [2.45, 2.75) is 20.5 Å². The minimum absolute atomic E-state index is 0.0618. The largest absolute Gasteiger partial charge is 0.493 e. The van der Waals surface area contributed by atoms with Crippen molar-refractivity contribution >= 4 is 39.3 Å².